The highest BCUT2D eigenvalue weighted by Gasteiger charge is 2.37. The van der Waals surface area contributed by atoms with Gasteiger partial charge in [0.05, 0.1) is 28.4 Å². The normalized spacial score (nSPS) is 15.9. The summed E-state index contributed by atoms with van der Waals surface area (Å²) in [4.78, 5) is 0. The van der Waals surface area contributed by atoms with Crippen LogP contribution in [0.25, 0.3) is 10.8 Å². The first-order valence-electron chi connectivity index (χ1n) is 10.8. The van der Waals surface area contributed by atoms with Crippen molar-refractivity contribution in [2.75, 3.05) is 18.1 Å². The molecule has 1 fully saturated rings. The lowest BCUT2D eigenvalue weighted by molar-refractivity contribution is -0.143. The molecule has 0 amide bonds. The van der Waals surface area contributed by atoms with Crippen molar-refractivity contribution in [3.05, 3.63) is 76.9 Å². The van der Waals surface area contributed by atoms with Gasteiger partial charge in [-0.15, -0.1) is 0 Å². The van der Waals surface area contributed by atoms with Crippen molar-refractivity contribution in [3.8, 4) is 6.07 Å². The minimum Gasteiger partial charge on any atom is -0.305 e. The predicted molar refractivity (Wildman–Crippen MR) is 117 cm³/mol. The van der Waals surface area contributed by atoms with Gasteiger partial charge in [-0.2, -0.15) is 31.6 Å². The average Bonchev–Trinajstić information content (AvgIpc) is 3.02. The lowest BCUT2D eigenvalue weighted by Crippen LogP contribution is -2.42. The topological polar surface area (TPSA) is 30.3 Å². The minimum atomic E-state index is -4.89. The van der Waals surface area contributed by atoms with Gasteiger partial charge in [0.25, 0.3) is 0 Å². The van der Waals surface area contributed by atoms with Gasteiger partial charge in [-0.25, -0.2) is 5.01 Å². The third-order valence-corrected chi connectivity index (χ3v) is 5.94. The van der Waals surface area contributed by atoms with Crippen molar-refractivity contribution in [3.63, 3.8) is 0 Å². The Balaban J connectivity index is 1.77. The second-order valence-corrected chi connectivity index (χ2v) is 8.28. The standard InChI is InChI=1S/C25H21F6N3/c26-24(27,28)19-12-17(13-20(14-19)25(29,30)31)16-33-10-4-1-5-11-34(33)23-9-8-18(15-32)21-6-2-3-7-22(21)23/h2-3,6-9,12-14H,1,4-5,10-11,16H2. The van der Waals surface area contributed by atoms with Gasteiger partial charge in [-0.3, -0.25) is 0 Å². The summed E-state index contributed by atoms with van der Waals surface area (Å²) in [5.41, 5.74) is -1.44. The molecule has 4 rings (SSSR count). The van der Waals surface area contributed by atoms with E-state index in [2.05, 4.69) is 6.07 Å². The van der Waals surface area contributed by atoms with Crippen molar-refractivity contribution in [1.82, 2.24) is 5.01 Å². The Morgan fingerprint density at radius 1 is 0.765 bits per heavy atom. The summed E-state index contributed by atoms with van der Waals surface area (Å²) in [5, 5.41) is 14.7. The molecule has 1 heterocycles. The van der Waals surface area contributed by atoms with E-state index < -0.39 is 23.5 Å². The van der Waals surface area contributed by atoms with Gasteiger partial charge >= 0.3 is 12.4 Å². The van der Waals surface area contributed by atoms with Crippen LogP contribution in [0, 0.1) is 11.3 Å². The van der Waals surface area contributed by atoms with E-state index in [1.807, 2.05) is 29.3 Å². The van der Waals surface area contributed by atoms with Crippen LogP contribution in [-0.2, 0) is 18.9 Å². The van der Waals surface area contributed by atoms with Crippen LogP contribution in [0.3, 0.4) is 0 Å². The summed E-state index contributed by atoms with van der Waals surface area (Å²) in [5.74, 6) is 0. The van der Waals surface area contributed by atoms with Crippen molar-refractivity contribution in [2.45, 2.75) is 38.2 Å². The molecule has 1 aliphatic rings. The van der Waals surface area contributed by atoms with E-state index in [1.165, 1.54) is 0 Å². The molecule has 1 saturated heterocycles. The van der Waals surface area contributed by atoms with E-state index in [0.29, 0.717) is 18.7 Å². The monoisotopic (exact) mass is 477 g/mol. The van der Waals surface area contributed by atoms with Crippen molar-refractivity contribution in [2.24, 2.45) is 0 Å². The number of hydrazine groups is 1. The zero-order valence-electron chi connectivity index (χ0n) is 18.0. The van der Waals surface area contributed by atoms with Gasteiger partial charge < -0.3 is 5.01 Å². The van der Waals surface area contributed by atoms with Crippen molar-refractivity contribution >= 4 is 16.5 Å². The minimum absolute atomic E-state index is 0.0630. The second-order valence-electron chi connectivity index (χ2n) is 8.28. The predicted octanol–water partition coefficient (Wildman–Crippen LogP) is 7.16. The third-order valence-electron chi connectivity index (χ3n) is 5.94. The van der Waals surface area contributed by atoms with E-state index in [0.717, 1.165) is 47.9 Å². The fraction of sp³-hybridized carbons (Fsp3) is 0.320. The Hall–Kier alpha value is -3.25. The van der Waals surface area contributed by atoms with Crippen LogP contribution in [0.5, 0.6) is 0 Å². The highest BCUT2D eigenvalue weighted by Crippen LogP contribution is 2.37. The first kappa shape index (κ1) is 23.9. The highest BCUT2D eigenvalue weighted by molar-refractivity contribution is 5.97. The van der Waals surface area contributed by atoms with Crippen LogP contribution in [0.2, 0.25) is 0 Å². The largest absolute Gasteiger partial charge is 0.416 e. The summed E-state index contributed by atoms with van der Waals surface area (Å²) in [6.45, 7) is 0.925. The average molecular weight is 477 g/mol. The number of halogens is 6. The lowest BCUT2D eigenvalue weighted by Gasteiger charge is -2.36. The molecule has 1 aliphatic heterocycles. The number of nitrogens with zero attached hydrogens (tertiary/aromatic N) is 3. The number of fused-ring (bicyclic) bond motifs is 1. The first-order chi connectivity index (χ1) is 16.1. The molecule has 3 aromatic carbocycles. The van der Waals surface area contributed by atoms with Gasteiger partial charge in [0, 0.05) is 30.4 Å². The van der Waals surface area contributed by atoms with Crippen LogP contribution in [-0.4, -0.2) is 18.1 Å². The highest BCUT2D eigenvalue weighted by atomic mass is 19.4. The Bertz CT molecular complexity index is 1190. The van der Waals surface area contributed by atoms with Crippen LogP contribution in [0.4, 0.5) is 32.0 Å². The molecule has 0 atom stereocenters. The van der Waals surface area contributed by atoms with Gasteiger partial charge in [-0.1, -0.05) is 30.7 Å². The number of hydrogen-bond donors (Lipinski definition) is 0. The van der Waals surface area contributed by atoms with Crippen molar-refractivity contribution < 1.29 is 26.3 Å². The maximum absolute atomic E-state index is 13.3. The maximum atomic E-state index is 13.3. The third kappa shape index (κ3) is 4.97. The zero-order chi connectivity index (χ0) is 24.5. The van der Waals surface area contributed by atoms with Gasteiger partial charge in [0.1, 0.15) is 0 Å². The molecule has 9 heteroatoms. The van der Waals surface area contributed by atoms with Crippen molar-refractivity contribution in [1.29, 1.82) is 5.26 Å². The number of anilines is 1. The Kier molecular flexibility index (Phi) is 6.45. The number of rotatable bonds is 3. The zero-order valence-corrected chi connectivity index (χ0v) is 18.0. The summed E-state index contributed by atoms with van der Waals surface area (Å²) in [7, 11) is 0. The van der Waals surface area contributed by atoms with Gasteiger partial charge in [-0.05, 0) is 48.7 Å². The molecule has 0 aliphatic carbocycles. The summed E-state index contributed by atoms with van der Waals surface area (Å²) >= 11 is 0. The Morgan fingerprint density at radius 2 is 1.38 bits per heavy atom. The molecule has 0 aromatic heterocycles. The summed E-state index contributed by atoms with van der Waals surface area (Å²) in [6, 6.07) is 14.7. The number of nitriles is 1. The van der Waals surface area contributed by atoms with Crippen LogP contribution < -0.4 is 5.01 Å². The maximum Gasteiger partial charge on any atom is 0.416 e. The molecule has 0 saturated carbocycles. The molecular weight excluding hydrogens is 456 g/mol. The smallest absolute Gasteiger partial charge is 0.305 e. The van der Waals surface area contributed by atoms with E-state index in [4.69, 9.17) is 0 Å². The molecule has 3 nitrogen and oxygen atoms in total. The molecule has 0 bridgehead atoms. The molecule has 0 N–H and O–H groups in total. The van der Waals surface area contributed by atoms with E-state index in [-0.39, 0.29) is 18.2 Å². The molecule has 34 heavy (non-hydrogen) atoms. The molecular formula is C25H21F6N3. The summed E-state index contributed by atoms with van der Waals surface area (Å²) < 4.78 is 80.1. The summed E-state index contributed by atoms with van der Waals surface area (Å²) in [6.07, 6.45) is -7.32. The quantitative estimate of drug-likeness (QED) is 0.375. The lowest BCUT2D eigenvalue weighted by atomic mass is 10.0. The molecule has 0 unspecified atom stereocenters. The second kappa shape index (κ2) is 9.18. The first-order valence-corrected chi connectivity index (χ1v) is 10.8. The Labute approximate surface area is 192 Å². The van der Waals surface area contributed by atoms with E-state index in [9.17, 15) is 31.6 Å². The van der Waals surface area contributed by atoms with E-state index in [1.54, 1.807) is 17.1 Å². The molecule has 3 aromatic rings. The van der Waals surface area contributed by atoms with Crippen LogP contribution >= 0.6 is 0 Å². The molecule has 0 radical (unpaired) electrons. The van der Waals surface area contributed by atoms with Crippen LogP contribution in [0.1, 0.15) is 41.5 Å². The fourth-order valence-corrected chi connectivity index (χ4v) is 4.36. The van der Waals surface area contributed by atoms with Gasteiger partial charge in [0.2, 0.25) is 0 Å². The number of hydrogen-bond acceptors (Lipinski definition) is 3. The van der Waals surface area contributed by atoms with Gasteiger partial charge in [0.15, 0.2) is 0 Å². The fourth-order valence-electron chi connectivity index (χ4n) is 4.36. The van der Waals surface area contributed by atoms with Crippen LogP contribution in [0.15, 0.2) is 54.6 Å². The SMILES string of the molecule is N#Cc1ccc(N2CCCCCN2Cc2cc(C(F)(F)F)cc(C(F)(F)F)c2)c2ccccc12. The number of alkyl halides is 6. The molecule has 178 valence electrons. The Morgan fingerprint density at radius 3 is 2.00 bits per heavy atom. The number of benzene rings is 3. The van der Waals surface area contributed by atoms with E-state index >= 15 is 0 Å². The molecule has 0 spiro atoms.